The molecule has 0 aromatic carbocycles. The lowest BCUT2D eigenvalue weighted by molar-refractivity contribution is 0.100. The molecule has 0 spiro atoms. The van der Waals surface area contributed by atoms with Crippen molar-refractivity contribution in [3.05, 3.63) is 17.8 Å². The fourth-order valence-corrected chi connectivity index (χ4v) is 2.71. The highest BCUT2D eigenvalue weighted by Crippen LogP contribution is 2.31. The summed E-state index contributed by atoms with van der Waals surface area (Å²) in [5.41, 5.74) is 11.7. The van der Waals surface area contributed by atoms with Crippen LogP contribution in [0.1, 0.15) is 37.0 Å². The van der Waals surface area contributed by atoms with Crippen molar-refractivity contribution in [1.29, 1.82) is 0 Å². The normalized spacial score (nSPS) is 11.3. The van der Waals surface area contributed by atoms with E-state index in [0.717, 1.165) is 19.4 Å². The van der Waals surface area contributed by atoms with Crippen LogP contribution in [0.15, 0.2) is 12.3 Å². The van der Waals surface area contributed by atoms with Crippen LogP contribution in [0.5, 0.6) is 0 Å². The van der Waals surface area contributed by atoms with Gasteiger partial charge in [-0.1, -0.05) is 13.8 Å². The number of thioether (sulfide) groups is 1. The zero-order chi connectivity index (χ0) is 14.5. The van der Waals surface area contributed by atoms with E-state index < -0.39 is 5.91 Å². The fraction of sp³-hybridized carbons (Fsp3) is 0.538. The molecule has 0 saturated carbocycles. The maximum Gasteiger partial charge on any atom is 0.252 e. The molecule has 6 heteroatoms. The van der Waals surface area contributed by atoms with Crippen LogP contribution in [0, 0.1) is 0 Å². The standard InChI is InChI=1S/C13H22N4OS/c1-4-13(5-2,19-3)8-17-12-10(11(15)18)6-9(14)7-16-12/h6-7H,4-5,8,14H2,1-3H3,(H2,15,18)(H,16,17). The van der Waals surface area contributed by atoms with Crippen LogP contribution in [-0.2, 0) is 0 Å². The van der Waals surface area contributed by atoms with Crippen LogP contribution < -0.4 is 16.8 Å². The summed E-state index contributed by atoms with van der Waals surface area (Å²) in [6.07, 6.45) is 5.70. The average molecular weight is 282 g/mol. The molecule has 0 radical (unpaired) electrons. The summed E-state index contributed by atoms with van der Waals surface area (Å²) < 4.78 is 0.137. The van der Waals surface area contributed by atoms with Crippen LogP contribution in [0.3, 0.4) is 0 Å². The fourth-order valence-electron chi connectivity index (χ4n) is 1.92. The zero-order valence-electron chi connectivity index (χ0n) is 11.7. The lowest BCUT2D eigenvalue weighted by Gasteiger charge is -2.30. The van der Waals surface area contributed by atoms with Crippen molar-refractivity contribution < 1.29 is 4.79 Å². The topological polar surface area (TPSA) is 94.0 Å². The van der Waals surface area contributed by atoms with Crippen molar-refractivity contribution in [2.24, 2.45) is 5.73 Å². The molecule has 0 aliphatic heterocycles. The third-order valence-corrected chi connectivity index (χ3v) is 5.06. The Kier molecular flexibility index (Phi) is 5.47. The van der Waals surface area contributed by atoms with Crippen molar-refractivity contribution >= 4 is 29.2 Å². The number of hydrogen-bond acceptors (Lipinski definition) is 5. The lowest BCUT2D eigenvalue weighted by Crippen LogP contribution is -2.33. The molecule has 0 atom stereocenters. The second kappa shape index (κ2) is 6.65. The molecule has 1 aromatic heterocycles. The van der Waals surface area contributed by atoms with Crippen LogP contribution in [-0.4, -0.2) is 28.4 Å². The van der Waals surface area contributed by atoms with Gasteiger partial charge in [0.15, 0.2) is 0 Å². The van der Waals surface area contributed by atoms with Gasteiger partial charge in [-0.2, -0.15) is 11.8 Å². The number of carbonyl (C=O) groups excluding carboxylic acids is 1. The molecule has 1 amide bonds. The highest BCUT2D eigenvalue weighted by molar-refractivity contribution is 8.00. The molecule has 0 saturated heterocycles. The number of aromatic nitrogens is 1. The zero-order valence-corrected chi connectivity index (χ0v) is 12.5. The molecule has 5 nitrogen and oxygen atoms in total. The van der Waals surface area contributed by atoms with E-state index in [1.54, 1.807) is 6.07 Å². The van der Waals surface area contributed by atoms with Gasteiger partial charge in [-0.15, -0.1) is 0 Å². The number of amides is 1. The van der Waals surface area contributed by atoms with E-state index in [-0.39, 0.29) is 4.75 Å². The van der Waals surface area contributed by atoms with Crippen LogP contribution in [0.2, 0.25) is 0 Å². The van der Waals surface area contributed by atoms with Gasteiger partial charge in [0, 0.05) is 11.3 Å². The number of rotatable bonds is 7. The number of hydrogen-bond donors (Lipinski definition) is 3. The first-order chi connectivity index (χ1) is 8.98. The van der Waals surface area contributed by atoms with Gasteiger partial charge in [0.1, 0.15) is 5.82 Å². The highest BCUT2D eigenvalue weighted by atomic mass is 32.2. The van der Waals surface area contributed by atoms with E-state index >= 15 is 0 Å². The van der Waals surface area contributed by atoms with Gasteiger partial charge in [0.2, 0.25) is 0 Å². The molecule has 0 fully saturated rings. The molecule has 0 bridgehead atoms. The molecule has 1 aromatic rings. The van der Waals surface area contributed by atoms with Crippen molar-refractivity contribution in [3.63, 3.8) is 0 Å². The third kappa shape index (κ3) is 3.76. The van der Waals surface area contributed by atoms with E-state index in [0.29, 0.717) is 17.1 Å². The number of pyridine rings is 1. The first kappa shape index (κ1) is 15.6. The minimum Gasteiger partial charge on any atom is -0.397 e. The minimum atomic E-state index is -0.523. The van der Waals surface area contributed by atoms with Gasteiger partial charge in [-0.05, 0) is 25.2 Å². The quantitative estimate of drug-likeness (QED) is 0.712. The number of nitrogens with one attached hydrogen (secondary N) is 1. The Morgan fingerprint density at radius 3 is 2.58 bits per heavy atom. The van der Waals surface area contributed by atoms with Crippen molar-refractivity contribution in [2.75, 3.05) is 23.9 Å². The van der Waals surface area contributed by atoms with Crippen LogP contribution in [0.4, 0.5) is 11.5 Å². The molecular weight excluding hydrogens is 260 g/mol. The van der Waals surface area contributed by atoms with E-state index in [4.69, 9.17) is 11.5 Å². The SMILES string of the molecule is CCC(CC)(CNc1ncc(N)cc1C(N)=O)SC. The smallest absolute Gasteiger partial charge is 0.252 e. The Bertz CT molecular complexity index is 438. The number of nitrogens with zero attached hydrogens (tertiary/aromatic N) is 1. The summed E-state index contributed by atoms with van der Waals surface area (Å²) >= 11 is 1.82. The van der Waals surface area contributed by atoms with E-state index in [2.05, 4.69) is 30.4 Å². The van der Waals surface area contributed by atoms with Gasteiger partial charge in [0.25, 0.3) is 5.91 Å². The van der Waals surface area contributed by atoms with Gasteiger partial charge < -0.3 is 16.8 Å². The van der Waals surface area contributed by atoms with Crippen molar-refractivity contribution in [3.8, 4) is 0 Å². The summed E-state index contributed by atoms with van der Waals surface area (Å²) in [6.45, 7) is 5.05. The number of anilines is 2. The summed E-state index contributed by atoms with van der Waals surface area (Å²) in [4.78, 5) is 15.5. The number of nitrogen functional groups attached to an aromatic ring is 1. The van der Waals surface area contributed by atoms with E-state index in [1.165, 1.54) is 6.20 Å². The third-order valence-electron chi connectivity index (χ3n) is 3.47. The van der Waals surface area contributed by atoms with Crippen LogP contribution in [0.25, 0.3) is 0 Å². The Labute approximate surface area is 118 Å². The largest absolute Gasteiger partial charge is 0.397 e. The first-order valence-electron chi connectivity index (χ1n) is 6.32. The molecule has 0 aliphatic carbocycles. The Balaban J connectivity index is 2.91. The van der Waals surface area contributed by atoms with Gasteiger partial charge >= 0.3 is 0 Å². The maximum atomic E-state index is 11.4. The number of primary amides is 1. The Morgan fingerprint density at radius 1 is 1.47 bits per heavy atom. The average Bonchev–Trinajstić information content (AvgIpc) is 2.42. The minimum absolute atomic E-state index is 0.137. The molecule has 0 aliphatic rings. The molecular formula is C13H22N4OS. The predicted octanol–water partition coefficient (Wildman–Crippen LogP) is 2.10. The van der Waals surface area contributed by atoms with Gasteiger partial charge in [-0.25, -0.2) is 4.98 Å². The molecule has 1 rings (SSSR count). The lowest BCUT2D eigenvalue weighted by atomic mass is 10.0. The molecule has 19 heavy (non-hydrogen) atoms. The Morgan fingerprint density at radius 2 is 2.11 bits per heavy atom. The van der Waals surface area contributed by atoms with E-state index in [1.807, 2.05) is 11.8 Å². The van der Waals surface area contributed by atoms with Crippen molar-refractivity contribution in [1.82, 2.24) is 4.98 Å². The summed E-state index contributed by atoms with van der Waals surface area (Å²) in [7, 11) is 0. The predicted molar refractivity (Wildman–Crippen MR) is 82.5 cm³/mol. The second-order valence-electron chi connectivity index (χ2n) is 4.48. The highest BCUT2D eigenvalue weighted by Gasteiger charge is 2.25. The molecule has 0 unspecified atom stereocenters. The monoisotopic (exact) mass is 282 g/mol. The summed E-state index contributed by atoms with van der Waals surface area (Å²) in [6, 6.07) is 1.55. The molecule has 106 valence electrons. The maximum absolute atomic E-state index is 11.4. The first-order valence-corrected chi connectivity index (χ1v) is 7.54. The van der Waals surface area contributed by atoms with Crippen molar-refractivity contribution in [2.45, 2.75) is 31.4 Å². The number of carbonyl (C=O) groups is 1. The molecule has 1 heterocycles. The number of nitrogens with two attached hydrogens (primary N) is 2. The van der Waals surface area contributed by atoms with Gasteiger partial charge in [0.05, 0.1) is 17.4 Å². The summed E-state index contributed by atoms with van der Waals surface area (Å²) in [5.74, 6) is -0.0212. The summed E-state index contributed by atoms with van der Waals surface area (Å²) in [5, 5.41) is 3.23. The van der Waals surface area contributed by atoms with E-state index in [9.17, 15) is 4.79 Å². The Hall–Kier alpha value is -1.43. The van der Waals surface area contributed by atoms with Crippen LogP contribution >= 0.6 is 11.8 Å². The van der Waals surface area contributed by atoms with Gasteiger partial charge in [-0.3, -0.25) is 4.79 Å². The molecule has 5 N–H and O–H groups in total. The second-order valence-corrected chi connectivity index (χ2v) is 5.75.